The molecule has 0 heterocycles. The zero-order valence-corrected chi connectivity index (χ0v) is 18.2. The molecule has 0 bridgehead atoms. The van der Waals surface area contributed by atoms with E-state index in [-0.39, 0.29) is 19.1 Å². The summed E-state index contributed by atoms with van der Waals surface area (Å²) in [6.45, 7) is 2.67. The quantitative estimate of drug-likeness (QED) is 0.413. The predicted octanol–water partition coefficient (Wildman–Crippen LogP) is 1.58. The lowest BCUT2D eigenvalue weighted by Gasteiger charge is -2.17. The van der Waals surface area contributed by atoms with Crippen LogP contribution in [0.4, 0.5) is 0 Å². The topological polar surface area (TPSA) is 89.5 Å². The molecule has 2 N–H and O–H groups in total. The summed E-state index contributed by atoms with van der Waals surface area (Å²) in [7, 11) is 3.31. The van der Waals surface area contributed by atoms with Crippen molar-refractivity contribution in [1.82, 2.24) is 10.2 Å². The molecule has 8 heteroatoms. The first kappa shape index (κ1) is 24.5. The molecular formula is C23H32N2O6. The van der Waals surface area contributed by atoms with E-state index in [0.29, 0.717) is 44.3 Å². The fourth-order valence-corrected chi connectivity index (χ4v) is 2.52. The second kappa shape index (κ2) is 14.2. The van der Waals surface area contributed by atoms with Gasteiger partial charge < -0.3 is 34.3 Å². The molecular weight excluding hydrogens is 400 g/mol. The molecule has 1 amide bonds. The van der Waals surface area contributed by atoms with Crippen molar-refractivity contribution in [3.63, 3.8) is 0 Å². The van der Waals surface area contributed by atoms with Crippen LogP contribution in [0.3, 0.4) is 0 Å². The highest BCUT2D eigenvalue weighted by Gasteiger charge is 2.09. The standard InChI is InChI=1S/C23H32N2O6/c1-25(13-15-28-2)23(27)18-31-22-10-8-21(9-11-22)29-14-12-24-16-19(26)17-30-20-6-4-3-5-7-20/h3-11,19,24,26H,12-18H2,1-2H3. The average Bonchev–Trinajstić information content (AvgIpc) is 2.80. The summed E-state index contributed by atoms with van der Waals surface area (Å²) >= 11 is 0. The SMILES string of the molecule is COCCN(C)C(=O)COc1ccc(OCCNCC(O)COc2ccccc2)cc1. The van der Waals surface area contributed by atoms with E-state index < -0.39 is 6.10 Å². The average molecular weight is 433 g/mol. The molecule has 0 aliphatic carbocycles. The summed E-state index contributed by atoms with van der Waals surface area (Å²) < 4.78 is 21.6. The second-order valence-electron chi connectivity index (χ2n) is 6.90. The van der Waals surface area contributed by atoms with Crippen LogP contribution in [0.5, 0.6) is 17.2 Å². The van der Waals surface area contributed by atoms with Gasteiger partial charge in [-0.05, 0) is 36.4 Å². The monoisotopic (exact) mass is 432 g/mol. The Bertz CT molecular complexity index is 741. The molecule has 8 nitrogen and oxygen atoms in total. The van der Waals surface area contributed by atoms with Crippen molar-refractivity contribution in [3.05, 3.63) is 54.6 Å². The zero-order chi connectivity index (χ0) is 22.3. The molecule has 31 heavy (non-hydrogen) atoms. The molecule has 0 aromatic heterocycles. The minimum absolute atomic E-state index is 0.0271. The maximum Gasteiger partial charge on any atom is 0.260 e. The van der Waals surface area contributed by atoms with Crippen LogP contribution >= 0.6 is 0 Å². The van der Waals surface area contributed by atoms with Gasteiger partial charge in [0.25, 0.3) is 5.91 Å². The van der Waals surface area contributed by atoms with Gasteiger partial charge in [-0.15, -0.1) is 0 Å². The van der Waals surface area contributed by atoms with Gasteiger partial charge in [-0.25, -0.2) is 0 Å². The molecule has 0 fully saturated rings. The van der Waals surface area contributed by atoms with Gasteiger partial charge in [0.05, 0.1) is 6.61 Å². The van der Waals surface area contributed by atoms with Crippen LogP contribution in [0.25, 0.3) is 0 Å². The number of likely N-dealkylation sites (N-methyl/N-ethyl adjacent to an activating group) is 1. The Morgan fingerprint density at radius 1 is 0.968 bits per heavy atom. The van der Waals surface area contributed by atoms with E-state index in [1.165, 1.54) is 0 Å². The molecule has 0 spiro atoms. The number of hydrogen-bond donors (Lipinski definition) is 2. The van der Waals surface area contributed by atoms with E-state index >= 15 is 0 Å². The van der Waals surface area contributed by atoms with Crippen LogP contribution in [0.15, 0.2) is 54.6 Å². The lowest BCUT2D eigenvalue weighted by Crippen LogP contribution is -2.33. The van der Waals surface area contributed by atoms with Crippen LogP contribution in [0.1, 0.15) is 0 Å². The Balaban J connectivity index is 1.56. The van der Waals surface area contributed by atoms with Crippen LogP contribution < -0.4 is 19.5 Å². The highest BCUT2D eigenvalue weighted by molar-refractivity contribution is 5.77. The van der Waals surface area contributed by atoms with Gasteiger partial charge in [0.1, 0.15) is 36.6 Å². The van der Waals surface area contributed by atoms with E-state index in [9.17, 15) is 9.90 Å². The minimum Gasteiger partial charge on any atom is -0.492 e. The number of hydrogen-bond acceptors (Lipinski definition) is 7. The summed E-state index contributed by atoms with van der Waals surface area (Å²) in [5.74, 6) is 1.92. The summed E-state index contributed by atoms with van der Waals surface area (Å²) in [5.41, 5.74) is 0. The van der Waals surface area contributed by atoms with E-state index in [4.69, 9.17) is 18.9 Å². The third-order valence-electron chi connectivity index (χ3n) is 4.36. The zero-order valence-electron chi connectivity index (χ0n) is 18.2. The van der Waals surface area contributed by atoms with Crippen molar-refractivity contribution >= 4 is 5.91 Å². The number of nitrogens with zero attached hydrogens (tertiary/aromatic N) is 1. The fourth-order valence-electron chi connectivity index (χ4n) is 2.52. The number of ether oxygens (including phenoxy) is 4. The maximum atomic E-state index is 11.9. The third kappa shape index (κ3) is 10.2. The minimum atomic E-state index is -0.604. The van der Waals surface area contributed by atoms with Gasteiger partial charge in [-0.1, -0.05) is 18.2 Å². The van der Waals surface area contributed by atoms with Gasteiger partial charge >= 0.3 is 0 Å². The molecule has 0 aliphatic rings. The van der Waals surface area contributed by atoms with Crippen molar-refractivity contribution in [2.45, 2.75) is 6.10 Å². The normalized spacial score (nSPS) is 11.6. The molecule has 2 aromatic carbocycles. The smallest absolute Gasteiger partial charge is 0.260 e. The van der Waals surface area contributed by atoms with Crippen molar-refractivity contribution in [1.29, 1.82) is 0 Å². The number of carbonyl (C=O) groups is 1. The molecule has 1 atom stereocenters. The number of nitrogens with one attached hydrogen (secondary N) is 1. The number of rotatable bonds is 15. The number of carbonyl (C=O) groups excluding carboxylic acids is 1. The van der Waals surface area contributed by atoms with Gasteiger partial charge in [0.2, 0.25) is 0 Å². The largest absolute Gasteiger partial charge is 0.492 e. The van der Waals surface area contributed by atoms with E-state index in [0.717, 1.165) is 5.75 Å². The first-order valence-corrected chi connectivity index (χ1v) is 10.2. The van der Waals surface area contributed by atoms with Crippen molar-refractivity contribution < 1.29 is 28.8 Å². The van der Waals surface area contributed by atoms with E-state index in [1.54, 1.807) is 43.3 Å². The summed E-state index contributed by atoms with van der Waals surface area (Å²) in [6, 6.07) is 16.5. The molecule has 2 rings (SSSR count). The Hall–Kier alpha value is -2.81. The number of aliphatic hydroxyl groups excluding tert-OH is 1. The molecule has 2 aromatic rings. The van der Waals surface area contributed by atoms with Crippen molar-refractivity contribution in [2.24, 2.45) is 0 Å². The predicted molar refractivity (Wildman–Crippen MR) is 118 cm³/mol. The van der Waals surface area contributed by atoms with Crippen molar-refractivity contribution in [3.8, 4) is 17.2 Å². The highest BCUT2D eigenvalue weighted by Crippen LogP contribution is 2.17. The summed E-state index contributed by atoms with van der Waals surface area (Å²) in [5, 5.41) is 13.1. The van der Waals surface area contributed by atoms with Gasteiger partial charge in [-0.2, -0.15) is 0 Å². The van der Waals surface area contributed by atoms with Gasteiger partial charge in [0.15, 0.2) is 6.61 Å². The Labute approximate surface area is 183 Å². The Morgan fingerprint density at radius 3 is 2.29 bits per heavy atom. The molecule has 1 unspecified atom stereocenters. The van der Waals surface area contributed by atoms with Crippen LogP contribution in [0, 0.1) is 0 Å². The first-order chi connectivity index (χ1) is 15.1. The van der Waals surface area contributed by atoms with Crippen LogP contribution in [0.2, 0.25) is 0 Å². The number of benzene rings is 2. The van der Waals surface area contributed by atoms with E-state index in [1.807, 2.05) is 30.3 Å². The molecule has 0 aliphatic heterocycles. The van der Waals surface area contributed by atoms with Crippen molar-refractivity contribution in [2.75, 3.05) is 60.2 Å². The maximum absolute atomic E-state index is 11.9. The molecule has 170 valence electrons. The number of methoxy groups -OCH3 is 1. The Morgan fingerprint density at radius 2 is 1.61 bits per heavy atom. The lowest BCUT2D eigenvalue weighted by atomic mass is 10.3. The van der Waals surface area contributed by atoms with E-state index in [2.05, 4.69) is 5.32 Å². The van der Waals surface area contributed by atoms with Crippen LogP contribution in [-0.2, 0) is 9.53 Å². The van der Waals surface area contributed by atoms with Gasteiger partial charge in [0, 0.05) is 33.8 Å². The Kier molecular flexibility index (Phi) is 11.2. The second-order valence-corrected chi connectivity index (χ2v) is 6.90. The van der Waals surface area contributed by atoms with Crippen LogP contribution in [-0.4, -0.2) is 82.2 Å². The fraction of sp³-hybridized carbons (Fsp3) is 0.435. The highest BCUT2D eigenvalue weighted by atomic mass is 16.5. The summed E-state index contributed by atoms with van der Waals surface area (Å²) in [6.07, 6.45) is -0.604. The number of aliphatic hydroxyl groups is 1. The van der Waals surface area contributed by atoms with Gasteiger partial charge in [-0.3, -0.25) is 4.79 Å². The first-order valence-electron chi connectivity index (χ1n) is 10.2. The number of para-hydroxylation sites is 1. The summed E-state index contributed by atoms with van der Waals surface area (Å²) in [4.78, 5) is 13.5. The molecule has 0 saturated heterocycles. The molecule has 0 radical (unpaired) electrons. The molecule has 0 saturated carbocycles. The third-order valence-corrected chi connectivity index (χ3v) is 4.36. The lowest BCUT2D eigenvalue weighted by molar-refractivity contribution is -0.132. The number of amides is 1.